The number of aliphatic carboxylic acids is 1. The maximum Gasteiger partial charge on any atom is 0.310 e. The Kier molecular flexibility index (Phi) is 6.01. The number of aromatic nitrogens is 1. The summed E-state index contributed by atoms with van der Waals surface area (Å²) < 4.78 is 5.82. The summed E-state index contributed by atoms with van der Waals surface area (Å²) in [5.74, 6) is -0.655. The van der Waals surface area contributed by atoms with Gasteiger partial charge in [-0.1, -0.05) is 30.3 Å². The van der Waals surface area contributed by atoms with E-state index in [-0.39, 0.29) is 18.0 Å². The molecule has 0 aliphatic carbocycles. The van der Waals surface area contributed by atoms with Gasteiger partial charge in [-0.3, -0.25) is 9.59 Å². The molecule has 0 saturated heterocycles. The van der Waals surface area contributed by atoms with E-state index < -0.39 is 17.3 Å². The van der Waals surface area contributed by atoms with Crippen LogP contribution in [0.25, 0.3) is 11.1 Å². The van der Waals surface area contributed by atoms with Gasteiger partial charge in [-0.15, -0.1) is 0 Å². The first-order valence-electron chi connectivity index (χ1n) is 9.30. The van der Waals surface area contributed by atoms with Crippen LogP contribution in [-0.4, -0.2) is 33.6 Å². The number of rotatable bonds is 7. The Labute approximate surface area is 174 Å². The molecule has 7 nitrogen and oxygen atoms in total. The number of para-hydroxylation sites is 1. The molecule has 1 heterocycles. The van der Waals surface area contributed by atoms with Crippen LogP contribution in [0.2, 0.25) is 0 Å². The van der Waals surface area contributed by atoms with Crippen LogP contribution in [0.15, 0.2) is 66.9 Å². The maximum atomic E-state index is 12.3. The second kappa shape index (κ2) is 8.65. The van der Waals surface area contributed by atoms with Crippen LogP contribution in [-0.2, 0) is 4.79 Å². The Morgan fingerprint density at radius 1 is 1.00 bits per heavy atom. The normalized spacial score (nSPS) is 11.0. The van der Waals surface area contributed by atoms with Crippen molar-refractivity contribution in [1.82, 2.24) is 10.3 Å². The lowest BCUT2D eigenvalue weighted by molar-refractivity contribution is -0.146. The SMILES string of the molecule is CC(C)(CNC(=O)c1ncc(-c2cccc(Oc3ccccc3)c2)cc1O)C(=O)O. The first-order chi connectivity index (χ1) is 14.3. The molecular weight excluding hydrogens is 384 g/mol. The maximum absolute atomic E-state index is 12.3. The van der Waals surface area contributed by atoms with Crippen molar-refractivity contribution in [3.63, 3.8) is 0 Å². The summed E-state index contributed by atoms with van der Waals surface area (Å²) in [4.78, 5) is 27.5. The number of benzene rings is 2. The molecule has 0 spiro atoms. The second-order valence-corrected chi connectivity index (χ2v) is 7.41. The standard InChI is InChI=1S/C23H22N2O5/c1-23(2,22(28)29)14-25-21(27)20-19(26)12-16(13-24-20)15-7-6-10-18(11-15)30-17-8-4-3-5-9-17/h3-13,26H,14H2,1-2H3,(H,25,27)(H,28,29). The smallest absolute Gasteiger partial charge is 0.310 e. The highest BCUT2D eigenvalue weighted by atomic mass is 16.5. The van der Waals surface area contributed by atoms with Crippen LogP contribution in [0.3, 0.4) is 0 Å². The van der Waals surface area contributed by atoms with Gasteiger partial charge in [0.1, 0.15) is 17.2 Å². The molecule has 0 unspecified atom stereocenters. The summed E-state index contributed by atoms with van der Waals surface area (Å²) in [6.07, 6.45) is 1.47. The molecule has 0 aliphatic heterocycles. The van der Waals surface area contributed by atoms with E-state index >= 15 is 0 Å². The summed E-state index contributed by atoms with van der Waals surface area (Å²) >= 11 is 0. The monoisotopic (exact) mass is 406 g/mol. The quantitative estimate of drug-likeness (QED) is 0.545. The van der Waals surface area contributed by atoms with Crippen molar-refractivity contribution in [2.45, 2.75) is 13.8 Å². The average Bonchev–Trinajstić information content (AvgIpc) is 2.73. The van der Waals surface area contributed by atoms with Gasteiger partial charge in [0, 0.05) is 18.3 Å². The Bertz CT molecular complexity index is 1060. The number of carboxylic acid groups (broad SMARTS) is 1. The lowest BCUT2D eigenvalue weighted by Crippen LogP contribution is -2.39. The summed E-state index contributed by atoms with van der Waals surface area (Å²) in [5, 5.41) is 21.9. The molecule has 0 fully saturated rings. The van der Waals surface area contributed by atoms with Gasteiger partial charge in [0.25, 0.3) is 5.91 Å². The van der Waals surface area contributed by atoms with Gasteiger partial charge in [-0.2, -0.15) is 0 Å². The van der Waals surface area contributed by atoms with Crippen molar-refractivity contribution in [3.8, 4) is 28.4 Å². The number of hydrogen-bond acceptors (Lipinski definition) is 5. The van der Waals surface area contributed by atoms with Crippen molar-refractivity contribution in [2.24, 2.45) is 5.41 Å². The zero-order valence-corrected chi connectivity index (χ0v) is 16.6. The molecule has 1 aromatic heterocycles. The molecular formula is C23H22N2O5. The highest BCUT2D eigenvalue weighted by Gasteiger charge is 2.28. The number of carbonyl (C=O) groups excluding carboxylic acids is 1. The van der Waals surface area contributed by atoms with E-state index in [1.165, 1.54) is 26.1 Å². The van der Waals surface area contributed by atoms with E-state index in [0.717, 1.165) is 5.56 Å². The van der Waals surface area contributed by atoms with Crippen LogP contribution in [0, 0.1) is 5.41 Å². The van der Waals surface area contributed by atoms with E-state index in [1.54, 1.807) is 6.07 Å². The highest BCUT2D eigenvalue weighted by Crippen LogP contribution is 2.29. The van der Waals surface area contributed by atoms with E-state index in [2.05, 4.69) is 10.3 Å². The fourth-order valence-electron chi connectivity index (χ4n) is 2.61. The zero-order valence-electron chi connectivity index (χ0n) is 16.6. The summed E-state index contributed by atoms with van der Waals surface area (Å²) in [5.41, 5.74) is 0.0555. The fourth-order valence-corrected chi connectivity index (χ4v) is 2.61. The molecule has 3 N–H and O–H groups in total. The van der Waals surface area contributed by atoms with Gasteiger partial charge >= 0.3 is 5.97 Å². The van der Waals surface area contributed by atoms with Crippen molar-refractivity contribution in [1.29, 1.82) is 0 Å². The summed E-state index contributed by atoms with van der Waals surface area (Å²) in [7, 11) is 0. The lowest BCUT2D eigenvalue weighted by atomic mass is 9.94. The topological polar surface area (TPSA) is 109 Å². The third-order valence-electron chi connectivity index (χ3n) is 4.50. The summed E-state index contributed by atoms with van der Waals surface area (Å²) in [6.45, 7) is 2.90. The van der Waals surface area contributed by atoms with E-state index in [9.17, 15) is 14.7 Å². The summed E-state index contributed by atoms with van der Waals surface area (Å²) in [6, 6.07) is 18.1. The molecule has 0 bridgehead atoms. The van der Waals surface area contributed by atoms with E-state index in [4.69, 9.17) is 9.84 Å². The molecule has 3 aromatic rings. The first-order valence-corrected chi connectivity index (χ1v) is 9.30. The Morgan fingerprint density at radius 3 is 2.37 bits per heavy atom. The Hall–Kier alpha value is -3.87. The number of pyridine rings is 1. The Balaban J connectivity index is 1.76. The molecule has 154 valence electrons. The molecule has 1 amide bonds. The second-order valence-electron chi connectivity index (χ2n) is 7.41. The van der Waals surface area contributed by atoms with Crippen LogP contribution in [0.1, 0.15) is 24.3 Å². The molecule has 0 atom stereocenters. The predicted molar refractivity (Wildman–Crippen MR) is 112 cm³/mol. The van der Waals surface area contributed by atoms with Crippen LogP contribution >= 0.6 is 0 Å². The van der Waals surface area contributed by atoms with Gasteiger partial charge in [0.15, 0.2) is 5.69 Å². The average molecular weight is 406 g/mol. The number of hydrogen-bond donors (Lipinski definition) is 3. The van der Waals surface area contributed by atoms with Gasteiger partial charge in [0.05, 0.1) is 5.41 Å². The molecule has 0 radical (unpaired) electrons. The van der Waals surface area contributed by atoms with Crippen molar-refractivity contribution < 1.29 is 24.5 Å². The number of nitrogens with zero attached hydrogens (tertiary/aromatic N) is 1. The molecule has 0 saturated carbocycles. The van der Waals surface area contributed by atoms with Gasteiger partial charge in [-0.25, -0.2) is 4.98 Å². The first kappa shape index (κ1) is 20.9. The minimum Gasteiger partial charge on any atom is -0.505 e. The minimum absolute atomic E-state index is 0.0943. The van der Waals surface area contributed by atoms with Crippen molar-refractivity contribution >= 4 is 11.9 Å². The molecule has 7 heteroatoms. The van der Waals surface area contributed by atoms with Gasteiger partial charge < -0.3 is 20.3 Å². The lowest BCUT2D eigenvalue weighted by Gasteiger charge is -2.19. The highest BCUT2D eigenvalue weighted by molar-refractivity contribution is 5.95. The van der Waals surface area contributed by atoms with E-state index in [0.29, 0.717) is 17.1 Å². The Morgan fingerprint density at radius 2 is 1.70 bits per heavy atom. The number of carbonyl (C=O) groups is 2. The van der Waals surface area contributed by atoms with Crippen molar-refractivity contribution in [2.75, 3.05) is 6.54 Å². The third-order valence-corrected chi connectivity index (χ3v) is 4.50. The molecule has 0 aliphatic rings. The number of amides is 1. The van der Waals surface area contributed by atoms with Crippen LogP contribution < -0.4 is 10.1 Å². The fraction of sp³-hybridized carbons (Fsp3) is 0.174. The minimum atomic E-state index is -1.13. The van der Waals surface area contributed by atoms with Gasteiger partial charge in [0.2, 0.25) is 0 Å². The number of nitrogens with one attached hydrogen (secondary N) is 1. The molecule has 2 aromatic carbocycles. The molecule has 30 heavy (non-hydrogen) atoms. The van der Waals surface area contributed by atoms with Crippen molar-refractivity contribution in [3.05, 3.63) is 72.6 Å². The van der Waals surface area contributed by atoms with Gasteiger partial charge in [-0.05, 0) is 49.7 Å². The third kappa shape index (κ3) is 4.94. The predicted octanol–water partition coefficient (Wildman–Crippen LogP) is 4.09. The van der Waals surface area contributed by atoms with Crippen LogP contribution in [0.5, 0.6) is 17.2 Å². The largest absolute Gasteiger partial charge is 0.505 e. The number of ether oxygens (including phenoxy) is 1. The number of aromatic hydroxyl groups is 1. The molecule has 3 rings (SSSR count). The number of carboxylic acids is 1. The zero-order chi connectivity index (χ0) is 21.7. The van der Waals surface area contributed by atoms with E-state index in [1.807, 2.05) is 48.5 Å². The van der Waals surface area contributed by atoms with Crippen LogP contribution in [0.4, 0.5) is 0 Å².